The van der Waals surface area contributed by atoms with Gasteiger partial charge in [0.15, 0.2) is 0 Å². The molecule has 1 unspecified atom stereocenters. The third-order valence-electron chi connectivity index (χ3n) is 2.80. The van der Waals surface area contributed by atoms with Gasteiger partial charge in [0.05, 0.1) is 0 Å². The van der Waals surface area contributed by atoms with Crippen LogP contribution >= 0.6 is 0 Å². The number of amides is 1. The second-order valence-electron chi connectivity index (χ2n) is 4.60. The average Bonchev–Trinajstić information content (AvgIpc) is 2.65. The van der Waals surface area contributed by atoms with Crippen molar-refractivity contribution in [2.75, 3.05) is 26.7 Å². The van der Waals surface area contributed by atoms with Crippen LogP contribution in [0.2, 0.25) is 0 Å². The van der Waals surface area contributed by atoms with Crippen molar-refractivity contribution >= 4 is 5.91 Å². The predicted molar refractivity (Wildman–Crippen MR) is 61.8 cm³/mol. The summed E-state index contributed by atoms with van der Waals surface area (Å²) < 4.78 is 0. The molecule has 0 radical (unpaired) electrons. The second-order valence-corrected chi connectivity index (χ2v) is 4.60. The normalized spacial score (nSPS) is 21.3. The first-order chi connectivity index (χ1) is 7.09. The van der Waals surface area contributed by atoms with Crippen LogP contribution in [0.5, 0.6) is 0 Å². The summed E-state index contributed by atoms with van der Waals surface area (Å²) in [6.07, 6.45) is 1.80. The first-order valence-electron chi connectivity index (χ1n) is 5.80. The van der Waals surface area contributed by atoms with Crippen molar-refractivity contribution in [1.29, 1.82) is 0 Å². The van der Waals surface area contributed by atoms with Crippen molar-refractivity contribution < 1.29 is 4.79 Å². The highest BCUT2D eigenvalue weighted by Gasteiger charge is 2.19. The van der Waals surface area contributed by atoms with Crippen LogP contribution in [0.15, 0.2) is 0 Å². The van der Waals surface area contributed by atoms with Gasteiger partial charge in [-0.2, -0.15) is 0 Å². The van der Waals surface area contributed by atoms with Crippen LogP contribution in [-0.4, -0.2) is 49.6 Å². The van der Waals surface area contributed by atoms with Gasteiger partial charge in [-0.3, -0.25) is 4.79 Å². The van der Waals surface area contributed by atoms with E-state index in [1.54, 1.807) is 0 Å². The summed E-state index contributed by atoms with van der Waals surface area (Å²) in [4.78, 5) is 13.7. The van der Waals surface area contributed by atoms with Gasteiger partial charge in [0, 0.05) is 31.6 Å². The molecule has 1 heterocycles. The molecule has 1 fully saturated rings. The molecule has 0 aromatic rings. The van der Waals surface area contributed by atoms with E-state index in [-0.39, 0.29) is 11.9 Å². The fourth-order valence-electron chi connectivity index (χ4n) is 1.87. The molecule has 0 aromatic heterocycles. The molecule has 15 heavy (non-hydrogen) atoms. The molecule has 0 aromatic carbocycles. The maximum absolute atomic E-state index is 11.4. The van der Waals surface area contributed by atoms with E-state index in [4.69, 9.17) is 0 Å². The molecule has 4 nitrogen and oxygen atoms in total. The van der Waals surface area contributed by atoms with Gasteiger partial charge < -0.3 is 15.5 Å². The van der Waals surface area contributed by atoms with Crippen molar-refractivity contribution in [2.45, 2.75) is 38.8 Å². The molecule has 4 heteroatoms. The van der Waals surface area contributed by atoms with Gasteiger partial charge in [-0.25, -0.2) is 0 Å². The highest BCUT2D eigenvalue weighted by atomic mass is 16.1. The van der Waals surface area contributed by atoms with Crippen molar-refractivity contribution in [3.05, 3.63) is 0 Å². The molecule has 1 aliphatic rings. The van der Waals surface area contributed by atoms with E-state index in [2.05, 4.69) is 22.6 Å². The Morgan fingerprint density at radius 1 is 1.60 bits per heavy atom. The van der Waals surface area contributed by atoms with E-state index in [1.165, 1.54) is 6.42 Å². The molecule has 0 saturated carbocycles. The highest BCUT2D eigenvalue weighted by molar-refractivity contribution is 5.76. The van der Waals surface area contributed by atoms with Crippen LogP contribution < -0.4 is 10.6 Å². The summed E-state index contributed by atoms with van der Waals surface area (Å²) in [7, 11) is 2.10. The van der Waals surface area contributed by atoms with Crippen LogP contribution in [0.25, 0.3) is 0 Å². The van der Waals surface area contributed by atoms with Gasteiger partial charge in [0.1, 0.15) is 0 Å². The van der Waals surface area contributed by atoms with Crippen molar-refractivity contribution in [2.24, 2.45) is 0 Å². The monoisotopic (exact) mass is 213 g/mol. The Labute approximate surface area is 92.4 Å². The van der Waals surface area contributed by atoms with Gasteiger partial charge in [0.25, 0.3) is 0 Å². The fraction of sp³-hybridized carbons (Fsp3) is 0.909. The highest BCUT2D eigenvalue weighted by Crippen LogP contribution is 2.06. The van der Waals surface area contributed by atoms with Crippen LogP contribution in [0, 0.1) is 0 Å². The molecular formula is C11H23N3O. The number of likely N-dealkylation sites (N-methyl/N-ethyl adjacent to an activating group) is 1. The average molecular weight is 213 g/mol. The largest absolute Gasteiger partial charge is 0.354 e. The predicted octanol–water partition coefficient (Wildman–Crippen LogP) is 0.195. The number of carbonyl (C=O) groups is 1. The Hall–Kier alpha value is -0.610. The molecule has 1 aliphatic heterocycles. The summed E-state index contributed by atoms with van der Waals surface area (Å²) in [6, 6.07) is 0.854. The maximum atomic E-state index is 11.4. The number of hydrogen-bond acceptors (Lipinski definition) is 3. The first kappa shape index (κ1) is 12.5. The summed E-state index contributed by atoms with van der Waals surface area (Å²) in [6.45, 7) is 6.99. The van der Waals surface area contributed by atoms with E-state index < -0.39 is 0 Å². The zero-order valence-corrected chi connectivity index (χ0v) is 10.0. The maximum Gasteiger partial charge on any atom is 0.221 e. The number of carbonyl (C=O) groups excluding carboxylic acids is 1. The molecule has 1 saturated heterocycles. The molecule has 88 valence electrons. The smallest absolute Gasteiger partial charge is 0.221 e. The summed E-state index contributed by atoms with van der Waals surface area (Å²) in [5.74, 6) is 0.155. The Kier molecular flexibility index (Phi) is 5.05. The topological polar surface area (TPSA) is 44.4 Å². The van der Waals surface area contributed by atoms with Gasteiger partial charge in [-0.05, 0) is 33.9 Å². The van der Waals surface area contributed by atoms with Crippen LogP contribution in [0.3, 0.4) is 0 Å². The number of rotatable bonds is 5. The summed E-state index contributed by atoms with van der Waals surface area (Å²) in [5, 5.41) is 6.24. The standard InChI is InChI=1S/C11H23N3O/c1-9(2)13-11(15)5-7-14(3)10-4-6-12-8-10/h9-10,12H,4-8H2,1-3H3,(H,13,15). The lowest BCUT2D eigenvalue weighted by molar-refractivity contribution is -0.121. The van der Waals surface area contributed by atoms with E-state index >= 15 is 0 Å². The number of nitrogens with one attached hydrogen (secondary N) is 2. The third-order valence-corrected chi connectivity index (χ3v) is 2.80. The third kappa shape index (κ3) is 4.62. The molecule has 0 aliphatic carbocycles. The molecule has 1 atom stereocenters. The zero-order chi connectivity index (χ0) is 11.3. The number of hydrogen-bond donors (Lipinski definition) is 2. The van der Waals surface area contributed by atoms with Gasteiger partial charge >= 0.3 is 0 Å². The molecule has 0 spiro atoms. The summed E-state index contributed by atoms with van der Waals surface area (Å²) >= 11 is 0. The van der Waals surface area contributed by atoms with E-state index in [0.717, 1.165) is 19.6 Å². The lowest BCUT2D eigenvalue weighted by atomic mass is 10.2. The van der Waals surface area contributed by atoms with Gasteiger partial charge in [-0.15, -0.1) is 0 Å². The van der Waals surface area contributed by atoms with Crippen LogP contribution in [0.4, 0.5) is 0 Å². The fourth-order valence-corrected chi connectivity index (χ4v) is 1.87. The molecule has 1 amide bonds. The lowest BCUT2D eigenvalue weighted by Gasteiger charge is -2.23. The minimum atomic E-state index is 0.155. The molecule has 1 rings (SSSR count). The second kappa shape index (κ2) is 6.08. The molecular weight excluding hydrogens is 190 g/mol. The molecule has 2 N–H and O–H groups in total. The Morgan fingerprint density at radius 3 is 2.87 bits per heavy atom. The van der Waals surface area contributed by atoms with E-state index in [9.17, 15) is 4.79 Å². The van der Waals surface area contributed by atoms with Crippen LogP contribution in [-0.2, 0) is 4.79 Å². The first-order valence-corrected chi connectivity index (χ1v) is 5.80. The number of nitrogens with zero attached hydrogens (tertiary/aromatic N) is 1. The lowest BCUT2D eigenvalue weighted by Crippen LogP contribution is -2.37. The minimum absolute atomic E-state index is 0.155. The quantitative estimate of drug-likeness (QED) is 0.685. The van der Waals surface area contributed by atoms with Crippen LogP contribution in [0.1, 0.15) is 26.7 Å². The zero-order valence-electron chi connectivity index (χ0n) is 10.0. The Bertz CT molecular complexity index is 200. The van der Waals surface area contributed by atoms with Crippen molar-refractivity contribution in [1.82, 2.24) is 15.5 Å². The van der Waals surface area contributed by atoms with Crippen molar-refractivity contribution in [3.8, 4) is 0 Å². The SMILES string of the molecule is CC(C)NC(=O)CCN(C)C1CCNC1. The van der Waals surface area contributed by atoms with Crippen molar-refractivity contribution in [3.63, 3.8) is 0 Å². The summed E-state index contributed by atoms with van der Waals surface area (Å²) in [5.41, 5.74) is 0. The van der Waals surface area contributed by atoms with Gasteiger partial charge in [-0.1, -0.05) is 0 Å². The van der Waals surface area contributed by atoms with Gasteiger partial charge in [0.2, 0.25) is 5.91 Å². The Balaban J connectivity index is 2.15. The Morgan fingerprint density at radius 2 is 2.33 bits per heavy atom. The minimum Gasteiger partial charge on any atom is -0.354 e. The van der Waals surface area contributed by atoms with E-state index in [1.807, 2.05) is 13.8 Å². The molecule has 0 bridgehead atoms. The van der Waals surface area contributed by atoms with E-state index in [0.29, 0.717) is 12.5 Å².